The van der Waals surface area contributed by atoms with Crippen LogP contribution in [0.25, 0.3) is 0 Å². The summed E-state index contributed by atoms with van der Waals surface area (Å²) in [7, 11) is 0. The van der Waals surface area contributed by atoms with Gasteiger partial charge in [-0.25, -0.2) is 0 Å². The van der Waals surface area contributed by atoms with Gasteiger partial charge in [-0.1, -0.05) is 13.3 Å². The van der Waals surface area contributed by atoms with E-state index >= 15 is 0 Å². The summed E-state index contributed by atoms with van der Waals surface area (Å²) in [5, 5.41) is -0.524. The van der Waals surface area contributed by atoms with E-state index in [0.717, 1.165) is 30.5 Å². The van der Waals surface area contributed by atoms with Crippen molar-refractivity contribution in [3.8, 4) is 0 Å². The molecular formula is C17H22ClNO2. The van der Waals surface area contributed by atoms with Crippen molar-refractivity contribution in [2.45, 2.75) is 57.9 Å². The lowest BCUT2D eigenvalue weighted by molar-refractivity contribution is -0.119. The van der Waals surface area contributed by atoms with E-state index in [9.17, 15) is 9.59 Å². The second-order valence-corrected chi connectivity index (χ2v) is 6.40. The van der Waals surface area contributed by atoms with Gasteiger partial charge in [0.25, 0.3) is 0 Å². The molecule has 1 amide bonds. The van der Waals surface area contributed by atoms with Crippen molar-refractivity contribution in [2.24, 2.45) is 0 Å². The maximum atomic E-state index is 12.3. The van der Waals surface area contributed by atoms with Crippen molar-refractivity contribution in [3.63, 3.8) is 0 Å². The van der Waals surface area contributed by atoms with Crippen LogP contribution < -0.4 is 4.90 Å². The summed E-state index contributed by atoms with van der Waals surface area (Å²) >= 11 is 5.86. The van der Waals surface area contributed by atoms with Crippen LogP contribution in [0.15, 0.2) is 18.2 Å². The number of amides is 1. The number of carbonyl (C=O) groups is 2. The summed E-state index contributed by atoms with van der Waals surface area (Å²) < 4.78 is 0. The summed E-state index contributed by atoms with van der Waals surface area (Å²) in [6.45, 7) is 5.82. The van der Waals surface area contributed by atoms with E-state index in [0.29, 0.717) is 12.0 Å². The predicted molar refractivity (Wildman–Crippen MR) is 86.3 cm³/mol. The molecular weight excluding hydrogens is 286 g/mol. The van der Waals surface area contributed by atoms with Crippen LogP contribution in [0.1, 0.15) is 56.0 Å². The molecule has 2 unspecified atom stereocenters. The Balaban J connectivity index is 2.26. The van der Waals surface area contributed by atoms with Gasteiger partial charge < -0.3 is 4.90 Å². The number of fused-ring (bicyclic) bond motifs is 1. The SMILES string of the molecule is CCCCC(=O)N1c2ccc(C(=O)C(C)Cl)cc2CC1C. The summed E-state index contributed by atoms with van der Waals surface area (Å²) in [5.74, 6) is 0.107. The molecule has 4 heteroatoms. The number of halogens is 1. The number of alkyl halides is 1. The molecule has 114 valence electrons. The highest BCUT2D eigenvalue weighted by Crippen LogP contribution is 2.34. The van der Waals surface area contributed by atoms with Crippen LogP contribution in [0, 0.1) is 0 Å². The fourth-order valence-corrected chi connectivity index (χ4v) is 2.97. The zero-order valence-corrected chi connectivity index (χ0v) is 13.6. The number of hydrogen-bond donors (Lipinski definition) is 0. The molecule has 1 aromatic carbocycles. The average molecular weight is 308 g/mol. The number of ketones is 1. The van der Waals surface area contributed by atoms with Gasteiger partial charge in [0.05, 0.1) is 5.38 Å². The molecule has 21 heavy (non-hydrogen) atoms. The van der Waals surface area contributed by atoms with Crippen LogP contribution in [0.4, 0.5) is 5.69 Å². The number of nitrogens with zero attached hydrogens (tertiary/aromatic N) is 1. The molecule has 0 N–H and O–H groups in total. The number of rotatable bonds is 5. The van der Waals surface area contributed by atoms with Crippen LogP contribution in [0.3, 0.4) is 0 Å². The molecule has 0 aromatic heterocycles. The van der Waals surface area contributed by atoms with Crippen molar-refractivity contribution >= 4 is 29.0 Å². The van der Waals surface area contributed by atoms with Gasteiger partial charge in [-0.05, 0) is 50.5 Å². The van der Waals surface area contributed by atoms with E-state index < -0.39 is 5.38 Å². The minimum atomic E-state index is -0.524. The molecule has 3 nitrogen and oxygen atoms in total. The highest BCUT2D eigenvalue weighted by atomic mass is 35.5. The fraction of sp³-hybridized carbons (Fsp3) is 0.529. The first kappa shape index (κ1) is 16.0. The Bertz CT molecular complexity index is 554. The average Bonchev–Trinajstić information content (AvgIpc) is 2.78. The monoisotopic (exact) mass is 307 g/mol. The van der Waals surface area contributed by atoms with Gasteiger partial charge in [-0.2, -0.15) is 0 Å². The maximum Gasteiger partial charge on any atom is 0.227 e. The van der Waals surface area contributed by atoms with Crippen molar-refractivity contribution in [1.29, 1.82) is 0 Å². The third-order valence-electron chi connectivity index (χ3n) is 3.95. The number of hydrogen-bond acceptors (Lipinski definition) is 2. The summed E-state index contributed by atoms with van der Waals surface area (Å²) in [6, 6.07) is 5.70. The van der Waals surface area contributed by atoms with Gasteiger partial charge in [0, 0.05) is 23.7 Å². The lowest BCUT2D eigenvalue weighted by atomic mass is 10.0. The first-order valence-corrected chi connectivity index (χ1v) is 8.02. The third-order valence-corrected chi connectivity index (χ3v) is 4.15. The van der Waals surface area contributed by atoms with E-state index in [1.165, 1.54) is 0 Å². The van der Waals surface area contributed by atoms with Crippen LogP contribution in [0.2, 0.25) is 0 Å². The first-order valence-electron chi connectivity index (χ1n) is 7.59. The molecule has 1 aliphatic heterocycles. The quantitative estimate of drug-likeness (QED) is 0.610. The van der Waals surface area contributed by atoms with Crippen molar-refractivity contribution in [3.05, 3.63) is 29.3 Å². The topological polar surface area (TPSA) is 37.4 Å². The smallest absolute Gasteiger partial charge is 0.227 e. The number of benzene rings is 1. The Labute approximate surface area is 131 Å². The van der Waals surface area contributed by atoms with E-state index in [2.05, 4.69) is 13.8 Å². The summed E-state index contributed by atoms with van der Waals surface area (Å²) in [5.41, 5.74) is 2.64. The highest BCUT2D eigenvalue weighted by molar-refractivity contribution is 6.33. The standard InChI is InChI=1S/C17H22ClNO2/c1-4-5-6-16(20)19-11(2)9-14-10-13(7-8-15(14)19)17(21)12(3)18/h7-8,10-12H,4-6,9H2,1-3H3. The first-order chi connectivity index (χ1) is 9.95. The van der Waals surface area contributed by atoms with Gasteiger partial charge in [0.15, 0.2) is 5.78 Å². The molecule has 1 aliphatic rings. The molecule has 0 saturated heterocycles. The van der Waals surface area contributed by atoms with E-state index in [4.69, 9.17) is 11.6 Å². The predicted octanol–water partition coefficient (Wildman–Crippen LogP) is 3.96. The van der Waals surface area contributed by atoms with Gasteiger partial charge >= 0.3 is 0 Å². The Morgan fingerprint density at radius 1 is 1.43 bits per heavy atom. The Kier molecular flexibility index (Phi) is 5.04. The second kappa shape index (κ2) is 6.61. The zero-order valence-electron chi connectivity index (χ0n) is 12.9. The minimum absolute atomic E-state index is 0.0668. The molecule has 1 aromatic rings. The fourth-order valence-electron chi connectivity index (χ4n) is 2.84. The van der Waals surface area contributed by atoms with Crippen LogP contribution in [-0.4, -0.2) is 23.1 Å². The van der Waals surface area contributed by atoms with Crippen LogP contribution >= 0.6 is 11.6 Å². The Morgan fingerprint density at radius 2 is 2.14 bits per heavy atom. The van der Waals surface area contributed by atoms with E-state index in [1.54, 1.807) is 13.0 Å². The van der Waals surface area contributed by atoms with Gasteiger partial charge in [0.1, 0.15) is 0 Å². The molecule has 1 heterocycles. The van der Waals surface area contributed by atoms with Gasteiger partial charge in [0.2, 0.25) is 5.91 Å². The van der Waals surface area contributed by atoms with Crippen molar-refractivity contribution in [2.75, 3.05) is 4.90 Å². The number of anilines is 1. The minimum Gasteiger partial charge on any atom is -0.309 e. The molecule has 0 spiro atoms. The molecule has 0 aliphatic carbocycles. The molecule has 2 atom stereocenters. The molecule has 0 bridgehead atoms. The Hall–Kier alpha value is -1.35. The summed E-state index contributed by atoms with van der Waals surface area (Å²) in [4.78, 5) is 26.2. The van der Waals surface area contributed by atoms with Crippen molar-refractivity contribution < 1.29 is 9.59 Å². The van der Waals surface area contributed by atoms with E-state index in [1.807, 2.05) is 17.0 Å². The van der Waals surface area contributed by atoms with E-state index in [-0.39, 0.29) is 17.7 Å². The molecule has 2 rings (SSSR count). The van der Waals surface area contributed by atoms with Crippen molar-refractivity contribution in [1.82, 2.24) is 0 Å². The second-order valence-electron chi connectivity index (χ2n) is 5.74. The van der Waals surface area contributed by atoms with Crippen LogP contribution in [-0.2, 0) is 11.2 Å². The van der Waals surface area contributed by atoms with Gasteiger partial charge in [-0.15, -0.1) is 11.6 Å². The number of carbonyl (C=O) groups excluding carboxylic acids is 2. The Morgan fingerprint density at radius 3 is 2.76 bits per heavy atom. The van der Waals surface area contributed by atoms with Gasteiger partial charge in [-0.3, -0.25) is 9.59 Å². The lowest BCUT2D eigenvalue weighted by Crippen LogP contribution is -2.35. The number of unbranched alkanes of at least 4 members (excludes halogenated alkanes) is 1. The normalized spacial score (nSPS) is 18.5. The number of Topliss-reactive ketones (excluding diaryl/α,β-unsaturated/α-hetero) is 1. The molecule has 0 radical (unpaired) electrons. The molecule has 0 saturated carbocycles. The lowest BCUT2D eigenvalue weighted by Gasteiger charge is -2.22. The highest BCUT2D eigenvalue weighted by Gasteiger charge is 2.31. The maximum absolute atomic E-state index is 12.3. The van der Waals surface area contributed by atoms with Crippen LogP contribution in [0.5, 0.6) is 0 Å². The third kappa shape index (κ3) is 3.29. The largest absolute Gasteiger partial charge is 0.309 e. The molecule has 0 fully saturated rings. The summed E-state index contributed by atoms with van der Waals surface area (Å²) in [6.07, 6.45) is 3.31. The zero-order chi connectivity index (χ0) is 15.6.